The molecule has 0 atom stereocenters. The highest BCUT2D eigenvalue weighted by atomic mass is 16.2. The van der Waals surface area contributed by atoms with Gasteiger partial charge in [0.1, 0.15) is 0 Å². The molecule has 0 aliphatic carbocycles. The lowest BCUT2D eigenvalue weighted by Gasteiger charge is -2.23. The van der Waals surface area contributed by atoms with Crippen molar-refractivity contribution in [2.45, 2.75) is 33.6 Å². The number of hydrazine groups is 1. The van der Waals surface area contributed by atoms with Crippen LogP contribution >= 0.6 is 0 Å². The van der Waals surface area contributed by atoms with E-state index in [-0.39, 0.29) is 17.2 Å². The first-order valence-corrected chi connectivity index (χ1v) is 6.97. The summed E-state index contributed by atoms with van der Waals surface area (Å²) in [6, 6.07) is 7.46. The summed E-state index contributed by atoms with van der Waals surface area (Å²) < 4.78 is 0. The van der Waals surface area contributed by atoms with Crippen LogP contribution in [-0.4, -0.2) is 18.4 Å². The fourth-order valence-corrected chi connectivity index (χ4v) is 2.53. The van der Waals surface area contributed by atoms with Crippen LogP contribution in [0.3, 0.4) is 0 Å². The summed E-state index contributed by atoms with van der Waals surface area (Å²) in [5.41, 5.74) is 4.32. The molecule has 1 fully saturated rings. The lowest BCUT2D eigenvalue weighted by Crippen LogP contribution is -2.33. The molecule has 5 heteroatoms. The lowest BCUT2D eigenvalue weighted by molar-refractivity contribution is -0.127. The Labute approximate surface area is 119 Å². The van der Waals surface area contributed by atoms with E-state index in [4.69, 9.17) is 0 Å². The van der Waals surface area contributed by atoms with Gasteiger partial charge in [0.2, 0.25) is 11.8 Å². The minimum atomic E-state index is -0.295. The van der Waals surface area contributed by atoms with Gasteiger partial charge in [-0.25, -0.2) is 0 Å². The Balaban J connectivity index is 2.14. The Morgan fingerprint density at radius 3 is 2.35 bits per heavy atom. The van der Waals surface area contributed by atoms with Crippen molar-refractivity contribution in [3.63, 3.8) is 0 Å². The Hall–Kier alpha value is -2.04. The summed E-state index contributed by atoms with van der Waals surface area (Å²) in [6.45, 7) is 6.25. The largest absolute Gasteiger partial charge is 0.326 e. The van der Waals surface area contributed by atoms with Gasteiger partial charge in [-0.15, -0.1) is 0 Å². The second-order valence-electron chi connectivity index (χ2n) is 5.24. The fourth-order valence-electron chi connectivity index (χ4n) is 2.53. The van der Waals surface area contributed by atoms with E-state index in [0.29, 0.717) is 6.54 Å². The molecule has 2 N–H and O–H groups in total. The Morgan fingerprint density at radius 2 is 1.90 bits per heavy atom. The summed E-state index contributed by atoms with van der Waals surface area (Å²) in [7, 11) is 0. The van der Waals surface area contributed by atoms with E-state index in [9.17, 15) is 9.59 Å². The number of carbonyl (C=O) groups excluding carboxylic acids is 2. The van der Waals surface area contributed by atoms with Crippen molar-refractivity contribution >= 4 is 23.2 Å². The van der Waals surface area contributed by atoms with Crippen LogP contribution in [0.2, 0.25) is 0 Å². The van der Waals surface area contributed by atoms with Crippen molar-refractivity contribution in [1.82, 2.24) is 5.43 Å². The molecular formula is C15H21N3O2. The molecule has 1 aromatic rings. The first-order valence-electron chi connectivity index (χ1n) is 6.97. The molecule has 0 radical (unpaired) electrons. The highest BCUT2D eigenvalue weighted by molar-refractivity contribution is 5.89. The number of rotatable bonds is 4. The number of hydrogen-bond acceptors (Lipinski definition) is 3. The number of nitrogens with zero attached hydrogens (tertiary/aromatic N) is 1. The van der Waals surface area contributed by atoms with Gasteiger partial charge in [-0.3, -0.25) is 20.0 Å². The minimum absolute atomic E-state index is 0.0911. The fraction of sp³-hybridized carbons (Fsp3) is 0.467. The van der Waals surface area contributed by atoms with Crippen LogP contribution in [0.1, 0.15) is 33.6 Å². The molecule has 0 spiro atoms. The van der Waals surface area contributed by atoms with Crippen LogP contribution in [0.15, 0.2) is 24.3 Å². The number of hydrogen-bond donors (Lipinski definition) is 2. The first kappa shape index (κ1) is 14.4. The van der Waals surface area contributed by atoms with E-state index in [1.54, 1.807) is 0 Å². The van der Waals surface area contributed by atoms with Crippen molar-refractivity contribution in [1.29, 1.82) is 0 Å². The maximum absolute atomic E-state index is 12.1. The zero-order chi connectivity index (χ0) is 14.8. The van der Waals surface area contributed by atoms with Crippen LogP contribution < -0.4 is 15.8 Å². The van der Waals surface area contributed by atoms with Crippen LogP contribution in [-0.2, 0) is 9.59 Å². The summed E-state index contributed by atoms with van der Waals surface area (Å²) in [4.78, 5) is 23.1. The molecule has 1 aromatic carbocycles. The first-order chi connectivity index (χ1) is 9.50. The van der Waals surface area contributed by atoms with Crippen LogP contribution in [0, 0.1) is 5.41 Å². The quantitative estimate of drug-likeness (QED) is 0.886. The molecule has 0 bridgehead atoms. The monoisotopic (exact) mass is 275 g/mol. The number of carbonyl (C=O) groups is 2. The minimum Gasteiger partial charge on any atom is -0.326 e. The van der Waals surface area contributed by atoms with Gasteiger partial charge in [-0.2, -0.15) is 0 Å². The molecule has 0 aromatic heterocycles. The zero-order valence-corrected chi connectivity index (χ0v) is 12.2. The van der Waals surface area contributed by atoms with Crippen molar-refractivity contribution in [2.75, 3.05) is 16.9 Å². The SMILES string of the molecule is CCC1(CC)CN(c2ccc(NC(C)=O)cc2)NC1=O. The molecule has 5 nitrogen and oxygen atoms in total. The predicted octanol–water partition coefficient (Wildman–Crippen LogP) is 2.30. The van der Waals surface area contributed by atoms with Gasteiger partial charge in [-0.1, -0.05) is 13.8 Å². The van der Waals surface area contributed by atoms with Gasteiger partial charge < -0.3 is 5.32 Å². The van der Waals surface area contributed by atoms with E-state index in [2.05, 4.69) is 10.7 Å². The Bertz CT molecular complexity index is 506. The summed E-state index contributed by atoms with van der Waals surface area (Å²) in [5.74, 6) is -0.00311. The van der Waals surface area contributed by atoms with Gasteiger partial charge in [0, 0.05) is 12.6 Å². The van der Waals surface area contributed by atoms with Crippen molar-refractivity contribution in [2.24, 2.45) is 5.41 Å². The topological polar surface area (TPSA) is 61.4 Å². The van der Waals surface area contributed by atoms with Gasteiger partial charge >= 0.3 is 0 Å². The Morgan fingerprint density at radius 1 is 1.30 bits per heavy atom. The van der Waals surface area contributed by atoms with Gasteiger partial charge in [-0.05, 0) is 37.1 Å². The Kier molecular flexibility index (Phi) is 3.97. The highest BCUT2D eigenvalue weighted by Crippen LogP contribution is 2.34. The molecule has 1 saturated heterocycles. The second-order valence-corrected chi connectivity index (χ2v) is 5.24. The normalized spacial score (nSPS) is 16.9. The third-order valence-corrected chi connectivity index (χ3v) is 4.03. The molecule has 0 saturated carbocycles. The van der Waals surface area contributed by atoms with E-state index in [1.165, 1.54) is 6.92 Å². The van der Waals surface area contributed by atoms with Gasteiger partial charge in [0.25, 0.3) is 0 Å². The van der Waals surface area contributed by atoms with Crippen molar-refractivity contribution < 1.29 is 9.59 Å². The van der Waals surface area contributed by atoms with Crippen LogP contribution in [0.4, 0.5) is 11.4 Å². The number of benzene rings is 1. The average molecular weight is 275 g/mol. The van der Waals surface area contributed by atoms with E-state index in [0.717, 1.165) is 24.2 Å². The summed E-state index contributed by atoms with van der Waals surface area (Å²) in [5, 5.41) is 4.61. The molecular weight excluding hydrogens is 254 g/mol. The third kappa shape index (κ3) is 2.61. The van der Waals surface area contributed by atoms with Crippen LogP contribution in [0.5, 0.6) is 0 Å². The molecule has 1 aliphatic heterocycles. The molecule has 20 heavy (non-hydrogen) atoms. The molecule has 1 heterocycles. The number of nitrogens with one attached hydrogen (secondary N) is 2. The molecule has 108 valence electrons. The lowest BCUT2D eigenvalue weighted by atomic mass is 9.82. The van der Waals surface area contributed by atoms with Gasteiger partial charge in [0.15, 0.2) is 0 Å². The van der Waals surface area contributed by atoms with Gasteiger partial charge in [0.05, 0.1) is 17.6 Å². The number of amides is 2. The molecule has 0 unspecified atom stereocenters. The maximum Gasteiger partial charge on any atom is 0.246 e. The third-order valence-electron chi connectivity index (χ3n) is 4.03. The van der Waals surface area contributed by atoms with E-state index in [1.807, 2.05) is 43.1 Å². The predicted molar refractivity (Wildman–Crippen MR) is 79.2 cm³/mol. The maximum atomic E-state index is 12.1. The van der Waals surface area contributed by atoms with Crippen molar-refractivity contribution in [3.8, 4) is 0 Å². The molecule has 2 rings (SSSR count). The zero-order valence-electron chi connectivity index (χ0n) is 12.2. The molecule has 1 aliphatic rings. The standard InChI is InChI=1S/C15H21N3O2/c1-4-15(5-2)10-18(17-14(15)20)13-8-6-12(7-9-13)16-11(3)19/h6-9H,4-5,10H2,1-3H3,(H,16,19)(H,17,20). The summed E-state index contributed by atoms with van der Waals surface area (Å²) >= 11 is 0. The number of anilines is 2. The van der Waals surface area contributed by atoms with Crippen LogP contribution in [0.25, 0.3) is 0 Å². The van der Waals surface area contributed by atoms with E-state index < -0.39 is 0 Å². The smallest absolute Gasteiger partial charge is 0.246 e. The van der Waals surface area contributed by atoms with E-state index >= 15 is 0 Å². The highest BCUT2D eigenvalue weighted by Gasteiger charge is 2.43. The summed E-state index contributed by atoms with van der Waals surface area (Å²) in [6.07, 6.45) is 1.66. The molecule has 2 amide bonds. The van der Waals surface area contributed by atoms with Crippen molar-refractivity contribution in [3.05, 3.63) is 24.3 Å². The average Bonchev–Trinajstić information content (AvgIpc) is 2.76. The second kappa shape index (κ2) is 5.53.